The third-order valence-corrected chi connectivity index (χ3v) is 3.79. The molecule has 2 heterocycles. The summed E-state index contributed by atoms with van der Waals surface area (Å²) < 4.78 is 44.8. The Morgan fingerprint density at radius 2 is 2.12 bits per heavy atom. The van der Waals surface area contributed by atoms with Gasteiger partial charge in [0.15, 0.2) is 5.82 Å². The summed E-state index contributed by atoms with van der Waals surface area (Å²) in [4.78, 5) is 18.0. The smallest absolute Gasteiger partial charge is 0.353 e. The molecule has 1 aromatic carbocycles. The highest BCUT2D eigenvalue weighted by molar-refractivity contribution is 5.84. The van der Waals surface area contributed by atoms with Gasteiger partial charge >= 0.3 is 6.18 Å². The molecule has 6 nitrogen and oxygen atoms in total. The normalized spacial score (nSPS) is 19.3. The van der Waals surface area contributed by atoms with E-state index in [0.717, 1.165) is 6.07 Å². The van der Waals surface area contributed by atoms with Crippen LogP contribution in [-0.2, 0) is 17.5 Å². The molecule has 0 aliphatic carbocycles. The van der Waals surface area contributed by atoms with Gasteiger partial charge in [0.1, 0.15) is 6.04 Å². The van der Waals surface area contributed by atoms with Gasteiger partial charge in [-0.15, -0.1) is 0 Å². The Morgan fingerprint density at radius 1 is 1.38 bits per heavy atom. The molecule has 1 atom stereocenters. The van der Waals surface area contributed by atoms with Crippen LogP contribution in [0.25, 0.3) is 0 Å². The molecule has 1 aliphatic heterocycles. The van der Waals surface area contributed by atoms with Crippen LogP contribution in [0, 0.1) is 6.92 Å². The largest absolute Gasteiger partial charge is 0.416 e. The summed E-state index contributed by atoms with van der Waals surface area (Å²) in [6.45, 7) is 2.48. The van der Waals surface area contributed by atoms with Gasteiger partial charge in [0.25, 0.3) is 0 Å². The number of alkyl halides is 3. The molecule has 24 heavy (non-hydrogen) atoms. The summed E-state index contributed by atoms with van der Waals surface area (Å²) in [5.41, 5.74) is -0.899. The number of hydrogen-bond donors (Lipinski definition) is 1. The van der Waals surface area contributed by atoms with E-state index in [4.69, 9.17) is 4.52 Å². The van der Waals surface area contributed by atoms with Crippen molar-refractivity contribution in [2.45, 2.75) is 25.7 Å². The van der Waals surface area contributed by atoms with Gasteiger partial charge in [-0.1, -0.05) is 23.4 Å². The minimum atomic E-state index is -4.54. The number of nitrogens with one attached hydrogen (secondary N) is 1. The summed E-state index contributed by atoms with van der Waals surface area (Å²) in [6.07, 6.45) is -4.54. The van der Waals surface area contributed by atoms with Gasteiger partial charge < -0.3 is 9.84 Å². The lowest BCUT2D eigenvalue weighted by Gasteiger charge is -2.35. The zero-order chi connectivity index (χ0) is 17.3. The number of aromatic nitrogens is 2. The van der Waals surface area contributed by atoms with Crippen LogP contribution in [0.5, 0.6) is 0 Å². The Morgan fingerprint density at radius 3 is 2.79 bits per heavy atom. The molecule has 2 aromatic rings. The van der Waals surface area contributed by atoms with Crippen molar-refractivity contribution >= 4 is 5.91 Å². The fourth-order valence-electron chi connectivity index (χ4n) is 2.80. The quantitative estimate of drug-likeness (QED) is 0.926. The standard InChI is InChI=1S/C15H15F3N4O2/c1-9-20-12(21-24-9)8-22-7-6-19-14(23)13(22)10-4-2-3-5-11(10)15(16,17)18/h2-5,13H,6-8H2,1H3,(H,19,23)/t13-/m0/s1. The van der Waals surface area contributed by atoms with Gasteiger partial charge in [0, 0.05) is 20.0 Å². The van der Waals surface area contributed by atoms with Crippen molar-refractivity contribution in [3.8, 4) is 0 Å². The molecule has 1 aliphatic rings. The first-order valence-corrected chi connectivity index (χ1v) is 7.33. The molecule has 1 fully saturated rings. The minimum Gasteiger partial charge on any atom is -0.353 e. The van der Waals surface area contributed by atoms with Crippen molar-refractivity contribution < 1.29 is 22.5 Å². The van der Waals surface area contributed by atoms with Crippen LogP contribution in [-0.4, -0.2) is 34.0 Å². The highest BCUT2D eigenvalue weighted by atomic mass is 19.4. The Kier molecular flexibility index (Phi) is 4.27. The average Bonchev–Trinajstić information content (AvgIpc) is 2.92. The monoisotopic (exact) mass is 340 g/mol. The van der Waals surface area contributed by atoms with E-state index in [1.54, 1.807) is 11.8 Å². The third-order valence-electron chi connectivity index (χ3n) is 3.79. The molecule has 1 amide bonds. The van der Waals surface area contributed by atoms with Crippen LogP contribution >= 0.6 is 0 Å². The molecule has 1 aromatic heterocycles. The number of carbonyl (C=O) groups is 1. The van der Waals surface area contributed by atoms with Crippen LogP contribution in [0.15, 0.2) is 28.8 Å². The second kappa shape index (κ2) is 6.23. The Labute approximate surface area is 135 Å². The molecule has 0 radical (unpaired) electrons. The maximum absolute atomic E-state index is 13.3. The lowest BCUT2D eigenvalue weighted by atomic mass is 9.96. The summed E-state index contributed by atoms with van der Waals surface area (Å²) in [5.74, 6) is 0.216. The van der Waals surface area contributed by atoms with Crippen molar-refractivity contribution in [3.05, 3.63) is 47.1 Å². The molecule has 9 heteroatoms. The second-order valence-corrected chi connectivity index (χ2v) is 5.48. The van der Waals surface area contributed by atoms with Crippen LogP contribution in [0.1, 0.15) is 28.9 Å². The van der Waals surface area contributed by atoms with Gasteiger partial charge in [-0.3, -0.25) is 9.69 Å². The molecule has 1 saturated heterocycles. The van der Waals surface area contributed by atoms with Gasteiger partial charge in [-0.25, -0.2) is 0 Å². The maximum Gasteiger partial charge on any atom is 0.416 e. The number of rotatable bonds is 3. The van der Waals surface area contributed by atoms with Crippen molar-refractivity contribution in [2.24, 2.45) is 0 Å². The van der Waals surface area contributed by atoms with Gasteiger partial charge in [0.05, 0.1) is 12.1 Å². The lowest BCUT2D eigenvalue weighted by molar-refractivity contribution is -0.140. The number of hydrogen-bond acceptors (Lipinski definition) is 5. The summed E-state index contributed by atoms with van der Waals surface area (Å²) in [7, 11) is 0. The molecule has 3 rings (SSSR count). The summed E-state index contributed by atoms with van der Waals surface area (Å²) in [6, 6.07) is 4.04. The number of aryl methyl sites for hydroxylation is 1. The molecular formula is C15H15F3N4O2. The van der Waals surface area contributed by atoms with E-state index in [2.05, 4.69) is 15.5 Å². The van der Waals surface area contributed by atoms with Gasteiger partial charge in [-0.05, 0) is 11.6 Å². The number of carbonyl (C=O) groups excluding carboxylic acids is 1. The second-order valence-electron chi connectivity index (χ2n) is 5.48. The average molecular weight is 340 g/mol. The van der Waals surface area contributed by atoms with E-state index in [-0.39, 0.29) is 12.1 Å². The molecule has 1 N–H and O–H groups in total. The van der Waals surface area contributed by atoms with E-state index in [0.29, 0.717) is 24.8 Å². The SMILES string of the molecule is Cc1nc(CN2CCNC(=O)[C@@H]2c2ccccc2C(F)(F)F)no1. The first-order valence-electron chi connectivity index (χ1n) is 7.33. The molecular weight excluding hydrogens is 325 g/mol. The van der Waals surface area contributed by atoms with Crippen LogP contribution in [0.3, 0.4) is 0 Å². The van der Waals surface area contributed by atoms with Crippen molar-refractivity contribution in [1.82, 2.24) is 20.4 Å². The van der Waals surface area contributed by atoms with Crippen molar-refractivity contribution in [1.29, 1.82) is 0 Å². The summed E-state index contributed by atoms with van der Waals surface area (Å²) in [5, 5.41) is 6.37. The van der Waals surface area contributed by atoms with E-state index >= 15 is 0 Å². The number of nitrogens with zero attached hydrogens (tertiary/aromatic N) is 3. The van der Waals surface area contributed by atoms with Crippen LogP contribution < -0.4 is 5.32 Å². The van der Waals surface area contributed by atoms with E-state index < -0.39 is 23.7 Å². The molecule has 0 spiro atoms. The molecule has 0 bridgehead atoms. The van der Waals surface area contributed by atoms with Crippen molar-refractivity contribution in [3.63, 3.8) is 0 Å². The topological polar surface area (TPSA) is 71.3 Å². The number of amides is 1. The van der Waals surface area contributed by atoms with E-state index in [9.17, 15) is 18.0 Å². The molecule has 0 saturated carbocycles. The fraction of sp³-hybridized carbons (Fsp3) is 0.400. The zero-order valence-electron chi connectivity index (χ0n) is 12.8. The number of halogens is 3. The molecule has 0 unspecified atom stereocenters. The Hall–Kier alpha value is -2.42. The van der Waals surface area contributed by atoms with Gasteiger partial charge in [0.2, 0.25) is 11.8 Å². The third kappa shape index (κ3) is 3.25. The lowest BCUT2D eigenvalue weighted by Crippen LogP contribution is -2.50. The Bertz CT molecular complexity index is 744. The van der Waals surface area contributed by atoms with Crippen LogP contribution in [0.2, 0.25) is 0 Å². The highest BCUT2D eigenvalue weighted by Crippen LogP contribution is 2.37. The minimum absolute atomic E-state index is 0.0811. The first kappa shape index (κ1) is 16.4. The van der Waals surface area contributed by atoms with Crippen LogP contribution in [0.4, 0.5) is 13.2 Å². The molecule has 128 valence electrons. The number of piperazine rings is 1. The highest BCUT2D eigenvalue weighted by Gasteiger charge is 2.40. The van der Waals surface area contributed by atoms with Gasteiger partial charge in [-0.2, -0.15) is 18.2 Å². The summed E-state index contributed by atoms with van der Waals surface area (Å²) >= 11 is 0. The number of benzene rings is 1. The Balaban J connectivity index is 1.97. The maximum atomic E-state index is 13.3. The fourth-order valence-corrected chi connectivity index (χ4v) is 2.80. The first-order chi connectivity index (χ1) is 11.4. The predicted molar refractivity (Wildman–Crippen MR) is 76.6 cm³/mol. The predicted octanol–water partition coefficient (Wildman–Crippen LogP) is 2.07. The van der Waals surface area contributed by atoms with E-state index in [1.807, 2.05) is 0 Å². The van der Waals surface area contributed by atoms with E-state index in [1.165, 1.54) is 18.2 Å². The van der Waals surface area contributed by atoms with Crippen molar-refractivity contribution in [2.75, 3.05) is 13.1 Å². The zero-order valence-corrected chi connectivity index (χ0v) is 12.8.